The van der Waals surface area contributed by atoms with Gasteiger partial charge in [-0.2, -0.15) is 0 Å². The van der Waals surface area contributed by atoms with E-state index in [2.05, 4.69) is 10.3 Å². The van der Waals surface area contributed by atoms with E-state index in [1.807, 2.05) is 0 Å². The number of hydrogen-bond acceptors (Lipinski definition) is 2. The van der Waals surface area contributed by atoms with E-state index < -0.39 is 11.8 Å². The number of nitrogens with zero attached hydrogens (tertiary/aromatic N) is 1. The van der Waals surface area contributed by atoms with E-state index in [1.165, 1.54) is 0 Å². The molecule has 20 heavy (non-hydrogen) atoms. The van der Waals surface area contributed by atoms with Crippen LogP contribution in [0.4, 0.5) is 14.5 Å². The van der Waals surface area contributed by atoms with Crippen LogP contribution < -0.4 is 15.8 Å². The van der Waals surface area contributed by atoms with E-state index in [0.29, 0.717) is 12.8 Å². The summed E-state index contributed by atoms with van der Waals surface area (Å²) < 4.78 is 30.4. The zero-order valence-corrected chi connectivity index (χ0v) is 13.4. The molecule has 2 rings (SSSR count). The van der Waals surface area contributed by atoms with E-state index in [-0.39, 0.29) is 36.5 Å². The Morgan fingerprint density at radius 2 is 2.00 bits per heavy atom. The number of anilines is 1. The molecular weight excluding hydrogens is 379 g/mol. The molecule has 1 saturated carbocycles. The Balaban J connectivity index is 0.00000200. The highest BCUT2D eigenvalue weighted by Gasteiger charge is 2.50. The van der Waals surface area contributed by atoms with Crippen LogP contribution in [-0.2, 0) is 0 Å². The second-order valence-electron chi connectivity index (χ2n) is 4.72. The number of hydrogen-bond donors (Lipinski definition) is 2. The highest BCUT2D eigenvalue weighted by atomic mass is 127. The van der Waals surface area contributed by atoms with Crippen LogP contribution in [0.3, 0.4) is 0 Å². The minimum atomic E-state index is -2.33. The molecule has 1 fully saturated rings. The quantitative estimate of drug-likeness (QED) is 0.456. The summed E-state index contributed by atoms with van der Waals surface area (Å²) in [4.78, 5) is 3.99. The third-order valence-electron chi connectivity index (χ3n) is 3.28. The van der Waals surface area contributed by atoms with Gasteiger partial charge in [-0.3, -0.25) is 4.99 Å². The number of halogens is 3. The molecule has 3 N–H and O–H groups in total. The third-order valence-corrected chi connectivity index (χ3v) is 3.28. The first-order valence-electron chi connectivity index (χ1n) is 6.05. The van der Waals surface area contributed by atoms with Crippen LogP contribution in [0.5, 0.6) is 5.75 Å². The van der Waals surface area contributed by atoms with Crippen molar-refractivity contribution in [2.45, 2.75) is 19.3 Å². The van der Waals surface area contributed by atoms with Crippen molar-refractivity contribution in [3.05, 3.63) is 24.3 Å². The molecule has 1 aliphatic carbocycles. The van der Waals surface area contributed by atoms with Gasteiger partial charge in [0.05, 0.1) is 19.1 Å². The summed E-state index contributed by atoms with van der Waals surface area (Å²) in [5.74, 6) is 0.882. The summed E-state index contributed by atoms with van der Waals surface area (Å²) in [6, 6.07) is 7.11. The number of aliphatic imine (C=N–C) groups is 1. The van der Waals surface area contributed by atoms with E-state index in [1.54, 1.807) is 31.4 Å². The zero-order chi connectivity index (χ0) is 13.9. The molecule has 0 aliphatic heterocycles. The molecule has 0 spiro atoms. The molecule has 1 aliphatic rings. The zero-order valence-electron chi connectivity index (χ0n) is 11.1. The summed E-state index contributed by atoms with van der Waals surface area (Å²) in [5.41, 5.74) is 5.48. The first kappa shape index (κ1) is 16.9. The van der Waals surface area contributed by atoms with Crippen LogP contribution in [0.25, 0.3) is 0 Å². The maximum absolute atomic E-state index is 12.7. The second-order valence-corrected chi connectivity index (χ2v) is 4.72. The predicted molar refractivity (Wildman–Crippen MR) is 86.2 cm³/mol. The standard InChI is InChI=1S/C13H17F2N3O.HI/c1-19-10-4-2-9(3-5-10)18-12(16)17-8-13(6-7-13)11(14)15;/h2-5,11H,6-8H2,1H3,(H3,16,17,18);1H. The highest BCUT2D eigenvalue weighted by molar-refractivity contribution is 14.0. The topological polar surface area (TPSA) is 59.6 Å². The van der Waals surface area contributed by atoms with Gasteiger partial charge >= 0.3 is 0 Å². The molecule has 4 nitrogen and oxygen atoms in total. The van der Waals surface area contributed by atoms with E-state index in [4.69, 9.17) is 10.5 Å². The van der Waals surface area contributed by atoms with Crippen LogP contribution in [0.15, 0.2) is 29.3 Å². The van der Waals surface area contributed by atoms with Crippen molar-refractivity contribution in [3.63, 3.8) is 0 Å². The van der Waals surface area contributed by atoms with Crippen molar-refractivity contribution in [1.29, 1.82) is 0 Å². The molecule has 0 radical (unpaired) electrons. The smallest absolute Gasteiger partial charge is 0.245 e. The molecule has 0 aromatic heterocycles. The normalized spacial score (nSPS) is 16.5. The number of alkyl halides is 2. The van der Waals surface area contributed by atoms with Gasteiger partial charge in [-0.1, -0.05) is 0 Å². The van der Waals surface area contributed by atoms with Gasteiger partial charge in [-0.25, -0.2) is 8.78 Å². The number of methoxy groups -OCH3 is 1. The fourth-order valence-corrected chi connectivity index (χ4v) is 1.71. The Labute approximate surface area is 133 Å². The van der Waals surface area contributed by atoms with Gasteiger partial charge in [0.2, 0.25) is 6.43 Å². The minimum Gasteiger partial charge on any atom is -0.497 e. The maximum atomic E-state index is 12.7. The monoisotopic (exact) mass is 397 g/mol. The fraction of sp³-hybridized carbons (Fsp3) is 0.462. The molecule has 7 heteroatoms. The van der Waals surface area contributed by atoms with Gasteiger partial charge in [-0.05, 0) is 37.1 Å². The minimum absolute atomic E-state index is 0. The van der Waals surface area contributed by atoms with Crippen molar-refractivity contribution in [1.82, 2.24) is 0 Å². The summed E-state index contributed by atoms with van der Waals surface area (Å²) in [6.45, 7) is 0.0691. The Bertz CT molecular complexity index is 461. The molecule has 1 aromatic rings. The number of nitrogens with one attached hydrogen (secondary N) is 1. The van der Waals surface area contributed by atoms with Gasteiger partial charge in [0.25, 0.3) is 0 Å². The summed E-state index contributed by atoms with van der Waals surface area (Å²) in [6.07, 6.45) is -1.29. The van der Waals surface area contributed by atoms with Crippen LogP contribution in [0.2, 0.25) is 0 Å². The van der Waals surface area contributed by atoms with E-state index >= 15 is 0 Å². The van der Waals surface area contributed by atoms with E-state index in [0.717, 1.165) is 11.4 Å². The average Bonchev–Trinajstić information content (AvgIpc) is 3.18. The lowest BCUT2D eigenvalue weighted by Gasteiger charge is -2.11. The van der Waals surface area contributed by atoms with Gasteiger partial charge in [0.15, 0.2) is 5.96 Å². The van der Waals surface area contributed by atoms with Gasteiger partial charge < -0.3 is 15.8 Å². The van der Waals surface area contributed by atoms with Crippen molar-refractivity contribution in [2.75, 3.05) is 19.0 Å². The van der Waals surface area contributed by atoms with Crippen LogP contribution in [-0.4, -0.2) is 26.0 Å². The van der Waals surface area contributed by atoms with Crippen molar-refractivity contribution >= 4 is 35.6 Å². The molecule has 0 heterocycles. The Morgan fingerprint density at radius 3 is 2.45 bits per heavy atom. The fourth-order valence-electron chi connectivity index (χ4n) is 1.71. The Kier molecular flexibility index (Phi) is 5.97. The van der Waals surface area contributed by atoms with Gasteiger partial charge in [0.1, 0.15) is 5.75 Å². The van der Waals surface area contributed by atoms with Crippen molar-refractivity contribution in [3.8, 4) is 5.75 Å². The molecule has 0 saturated heterocycles. The number of ether oxygens (including phenoxy) is 1. The maximum Gasteiger partial charge on any atom is 0.245 e. The predicted octanol–water partition coefficient (Wildman–Crippen LogP) is 3.09. The molecule has 112 valence electrons. The first-order valence-corrected chi connectivity index (χ1v) is 6.05. The van der Waals surface area contributed by atoms with Crippen LogP contribution in [0.1, 0.15) is 12.8 Å². The summed E-state index contributed by atoms with van der Waals surface area (Å²) in [7, 11) is 1.58. The second kappa shape index (κ2) is 7.05. The summed E-state index contributed by atoms with van der Waals surface area (Å²) >= 11 is 0. The van der Waals surface area contributed by atoms with Gasteiger partial charge in [-0.15, -0.1) is 24.0 Å². The Hall–Kier alpha value is -1.12. The van der Waals surface area contributed by atoms with Crippen molar-refractivity contribution in [2.24, 2.45) is 16.1 Å². The lowest BCUT2D eigenvalue weighted by atomic mass is 10.1. The molecular formula is C13H18F2IN3O. The molecule has 0 unspecified atom stereocenters. The number of benzene rings is 1. The molecule has 0 atom stereocenters. The van der Waals surface area contributed by atoms with Gasteiger partial charge in [0, 0.05) is 5.69 Å². The SMILES string of the molecule is COc1ccc(NC(N)=NCC2(C(F)F)CC2)cc1.I. The van der Waals surface area contributed by atoms with Crippen molar-refractivity contribution < 1.29 is 13.5 Å². The van der Waals surface area contributed by atoms with Crippen LogP contribution >= 0.6 is 24.0 Å². The largest absolute Gasteiger partial charge is 0.497 e. The Morgan fingerprint density at radius 1 is 1.40 bits per heavy atom. The average molecular weight is 397 g/mol. The third kappa shape index (κ3) is 4.19. The number of rotatable bonds is 5. The summed E-state index contributed by atoms with van der Waals surface area (Å²) in [5, 5.41) is 2.86. The molecule has 1 aromatic carbocycles. The first-order chi connectivity index (χ1) is 9.05. The lowest BCUT2D eigenvalue weighted by molar-refractivity contribution is 0.0667. The van der Waals surface area contributed by atoms with Crippen LogP contribution in [0, 0.1) is 5.41 Å². The lowest BCUT2D eigenvalue weighted by Crippen LogP contribution is -2.25. The molecule has 0 bridgehead atoms. The van der Waals surface area contributed by atoms with E-state index in [9.17, 15) is 8.78 Å². The number of nitrogens with two attached hydrogens (primary N) is 1. The molecule has 0 amide bonds. The number of guanidine groups is 1. The highest BCUT2D eigenvalue weighted by Crippen LogP contribution is 2.50.